The van der Waals surface area contributed by atoms with Gasteiger partial charge in [0.05, 0.1) is 12.2 Å². The van der Waals surface area contributed by atoms with Crippen molar-refractivity contribution in [3.05, 3.63) is 35.1 Å². The van der Waals surface area contributed by atoms with Gasteiger partial charge in [-0.1, -0.05) is 0 Å². The van der Waals surface area contributed by atoms with Gasteiger partial charge >= 0.3 is 6.18 Å². The predicted octanol–water partition coefficient (Wildman–Crippen LogP) is 3.49. The number of carbonyl (C=O) groups is 1. The molecule has 1 aliphatic heterocycles. The van der Waals surface area contributed by atoms with Crippen molar-refractivity contribution >= 4 is 5.91 Å². The van der Waals surface area contributed by atoms with Gasteiger partial charge in [-0.05, 0) is 37.5 Å². The Labute approximate surface area is 131 Å². The van der Waals surface area contributed by atoms with Crippen molar-refractivity contribution in [1.29, 1.82) is 0 Å². The van der Waals surface area contributed by atoms with Crippen molar-refractivity contribution in [2.45, 2.75) is 31.5 Å². The minimum absolute atomic E-state index is 0.0717. The molecule has 0 spiro atoms. The lowest BCUT2D eigenvalue weighted by Gasteiger charge is -2.25. The molecule has 1 aliphatic carbocycles. The molecule has 0 aromatic heterocycles. The van der Waals surface area contributed by atoms with Crippen molar-refractivity contribution in [1.82, 2.24) is 4.90 Å². The Hall–Kier alpha value is -1.63. The first-order valence-corrected chi connectivity index (χ1v) is 7.61. The summed E-state index contributed by atoms with van der Waals surface area (Å²) in [6, 6.07) is 2.51. The molecule has 126 valence electrons. The van der Waals surface area contributed by atoms with Crippen LogP contribution in [0.25, 0.3) is 0 Å². The lowest BCUT2D eigenvalue weighted by molar-refractivity contribution is -0.140. The fourth-order valence-corrected chi connectivity index (χ4v) is 2.83. The van der Waals surface area contributed by atoms with Gasteiger partial charge in [0.2, 0.25) is 0 Å². The summed E-state index contributed by atoms with van der Waals surface area (Å²) >= 11 is 0. The summed E-state index contributed by atoms with van der Waals surface area (Å²) in [5.74, 6) is -1.62. The van der Waals surface area contributed by atoms with Crippen LogP contribution in [-0.4, -0.2) is 36.6 Å². The van der Waals surface area contributed by atoms with E-state index < -0.39 is 23.5 Å². The highest BCUT2D eigenvalue weighted by atomic mass is 19.4. The number of carbonyl (C=O) groups excluding carboxylic acids is 1. The zero-order valence-corrected chi connectivity index (χ0v) is 12.4. The third-order valence-electron chi connectivity index (χ3n) is 4.25. The first-order valence-electron chi connectivity index (χ1n) is 7.61. The molecule has 7 heteroatoms. The second kappa shape index (κ2) is 6.11. The van der Waals surface area contributed by atoms with Crippen LogP contribution < -0.4 is 0 Å². The number of amides is 1. The second-order valence-electron chi connectivity index (χ2n) is 6.11. The lowest BCUT2D eigenvalue weighted by atomic mass is 10.1. The minimum atomic E-state index is -4.82. The highest BCUT2D eigenvalue weighted by Gasteiger charge is 2.38. The summed E-state index contributed by atoms with van der Waals surface area (Å²) in [7, 11) is 0. The van der Waals surface area contributed by atoms with E-state index in [9.17, 15) is 22.4 Å². The van der Waals surface area contributed by atoms with E-state index in [0.717, 1.165) is 25.3 Å². The molecule has 0 radical (unpaired) electrons. The highest BCUT2D eigenvalue weighted by Crippen LogP contribution is 2.34. The summed E-state index contributed by atoms with van der Waals surface area (Å²) in [4.78, 5) is 14.2. The molecule has 3 rings (SSSR count). The Morgan fingerprint density at radius 2 is 2.00 bits per heavy atom. The van der Waals surface area contributed by atoms with E-state index in [-0.39, 0.29) is 17.5 Å². The molecule has 1 aromatic rings. The lowest BCUT2D eigenvalue weighted by Crippen LogP contribution is -2.37. The second-order valence-corrected chi connectivity index (χ2v) is 6.11. The highest BCUT2D eigenvalue weighted by molar-refractivity contribution is 5.94. The van der Waals surface area contributed by atoms with Gasteiger partial charge in [-0.15, -0.1) is 0 Å². The molecule has 2 fully saturated rings. The molecule has 1 atom stereocenters. The van der Waals surface area contributed by atoms with Crippen LogP contribution in [0.1, 0.15) is 35.2 Å². The van der Waals surface area contributed by atoms with Gasteiger partial charge in [-0.2, -0.15) is 13.2 Å². The van der Waals surface area contributed by atoms with Crippen LogP contribution >= 0.6 is 0 Å². The van der Waals surface area contributed by atoms with Crippen LogP contribution in [0, 0.1) is 11.7 Å². The molecule has 1 amide bonds. The first kappa shape index (κ1) is 16.2. The minimum Gasteiger partial charge on any atom is -0.381 e. The summed E-state index contributed by atoms with van der Waals surface area (Å²) < 4.78 is 57.1. The quantitative estimate of drug-likeness (QED) is 0.791. The van der Waals surface area contributed by atoms with Crippen LogP contribution in [0.3, 0.4) is 0 Å². The SMILES string of the molecule is O=C(c1ccc(F)c(C(F)(F)F)c1)N(C[C@@H]1CCOC1)C1CC1. The largest absolute Gasteiger partial charge is 0.419 e. The number of halogens is 4. The zero-order valence-electron chi connectivity index (χ0n) is 12.4. The summed E-state index contributed by atoms with van der Waals surface area (Å²) in [5.41, 5.74) is -1.52. The van der Waals surface area contributed by atoms with E-state index in [0.29, 0.717) is 31.9 Å². The first-order chi connectivity index (χ1) is 10.9. The number of benzene rings is 1. The van der Waals surface area contributed by atoms with E-state index >= 15 is 0 Å². The third kappa shape index (κ3) is 3.65. The Balaban J connectivity index is 1.82. The maximum absolute atomic E-state index is 13.4. The number of hydrogen-bond donors (Lipinski definition) is 0. The maximum atomic E-state index is 13.4. The van der Waals surface area contributed by atoms with Gasteiger partial charge in [0.1, 0.15) is 5.82 Å². The molecule has 1 saturated carbocycles. The predicted molar refractivity (Wildman–Crippen MR) is 74.4 cm³/mol. The van der Waals surface area contributed by atoms with Crippen molar-refractivity contribution in [2.75, 3.05) is 19.8 Å². The monoisotopic (exact) mass is 331 g/mol. The average Bonchev–Trinajstić information content (AvgIpc) is 3.20. The van der Waals surface area contributed by atoms with Crippen LogP contribution in [-0.2, 0) is 10.9 Å². The van der Waals surface area contributed by atoms with E-state index in [1.54, 1.807) is 4.90 Å². The molecule has 3 nitrogen and oxygen atoms in total. The van der Waals surface area contributed by atoms with Crippen molar-refractivity contribution in [3.63, 3.8) is 0 Å². The van der Waals surface area contributed by atoms with Gasteiger partial charge in [-0.3, -0.25) is 4.79 Å². The smallest absolute Gasteiger partial charge is 0.381 e. The molecule has 1 saturated heterocycles. The Morgan fingerprint density at radius 1 is 1.26 bits per heavy atom. The van der Waals surface area contributed by atoms with Gasteiger partial charge in [0.15, 0.2) is 0 Å². The van der Waals surface area contributed by atoms with Crippen LogP contribution in [0.2, 0.25) is 0 Å². The molecule has 0 N–H and O–H groups in total. The molecular weight excluding hydrogens is 314 g/mol. The number of alkyl halides is 3. The molecule has 2 aliphatic rings. The average molecular weight is 331 g/mol. The Morgan fingerprint density at radius 3 is 2.57 bits per heavy atom. The number of ether oxygens (including phenoxy) is 1. The topological polar surface area (TPSA) is 29.5 Å². The van der Waals surface area contributed by atoms with Crippen LogP contribution in [0.5, 0.6) is 0 Å². The van der Waals surface area contributed by atoms with E-state index in [1.807, 2.05) is 0 Å². The molecule has 0 unspecified atom stereocenters. The van der Waals surface area contributed by atoms with E-state index in [2.05, 4.69) is 0 Å². The number of hydrogen-bond acceptors (Lipinski definition) is 2. The summed E-state index contributed by atoms with van der Waals surface area (Å²) in [6.07, 6.45) is -2.27. The molecule has 23 heavy (non-hydrogen) atoms. The van der Waals surface area contributed by atoms with Gasteiger partial charge < -0.3 is 9.64 Å². The van der Waals surface area contributed by atoms with Crippen molar-refractivity contribution < 1.29 is 27.1 Å². The Kier molecular flexibility index (Phi) is 4.31. The van der Waals surface area contributed by atoms with Crippen LogP contribution in [0.15, 0.2) is 18.2 Å². The fourth-order valence-electron chi connectivity index (χ4n) is 2.83. The maximum Gasteiger partial charge on any atom is 0.419 e. The van der Waals surface area contributed by atoms with Gasteiger partial charge in [0.25, 0.3) is 5.91 Å². The molecule has 0 bridgehead atoms. The normalized spacial score (nSPS) is 21.5. The number of rotatable bonds is 4. The van der Waals surface area contributed by atoms with E-state index in [4.69, 9.17) is 4.74 Å². The molecular formula is C16H17F4NO2. The zero-order chi connectivity index (χ0) is 16.6. The third-order valence-corrected chi connectivity index (χ3v) is 4.25. The fraction of sp³-hybridized carbons (Fsp3) is 0.562. The number of nitrogens with zero attached hydrogens (tertiary/aromatic N) is 1. The van der Waals surface area contributed by atoms with Gasteiger partial charge in [-0.25, -0.2) is 4.39 Å². The molecule has 1 heterocycles. The van der Waals surface area contributed by atoms with Gasteiger partial charge in [0, 0.05) is 30.7 Å². The van der Waals surface area contributed by atoms with E-state index in [1.165, 1.54) is 0 Å². The van der Waals surface area contributed by atoms with Crippen molar-refractivity contribution in [2.24, 2.45) is 5.92 Å². The van der Waals surface area contributed by atoms with Crippen molar-refractivity contribution in [3.8, 4) is 0 Å². The standard InChI is InChI=1S/C16H17F4NO2/c17-14-4-1-11(7-13(14)16(18,19)20)15(22)21(12-2-3-12)8-10-5-6-23-9-10/h1,4,7,10,12H,2-3,5-6,8-9H2/t10-/m0/s1. The Bertz CT molecular complexity index is 592. The van der Waals surface area contributed by atoms with Crippen LogP contribution in [0.4, 0.5) is 17.6 Å². The summed E-state index contributed by atoms with van der Waals surface area (Å²) in [5, 5.41) is 0. The summed E-state index contributed by atoms with van der Waals surface area (Å²) in [6.45, 7) is 1.68. The molecule has 1 aromatic carbocycles.